The van der Waals surface area contributed by atoms with Gasteiger partial charge in [0.1, 0.15) is 17.5 Å². The molecule has 2 N–H and O–H groups in total. The second kappa shape index (κ2) is 13.6. The summed E-state index contributed by atoms with van der Waals surface area (Å²) in [5.41, 5.74) is 0.816. The van der Waals surface area contributed by atoms with Crippen molar-refractivity contribution in [3.63, 3.8) is 0 Å². The van der Waals surface area contributed by atoms with Gasteiger partial charge in [-0.15, -0.1) is 0 Å². The minimum atomic E-state index is -3.90. The summed E-state index contributed by atoms with van der Waals surface area (Å²) in [6, 6.07) is 5.50. The molecule has 13 nitrogen and oxygen atoms in total. The second-order valence-corrected chi connectivity index (χ2v) is 11.5. The number of aliphatic carboxylic acids is 1. The highest BCUT2D eigenvalue weighted by Gasteiger charge is 2.29. The van der Waals surface area contributed by atoms with Gasteiger partial charge in [0.15, 0.2) is 5.82 Å². The second-order valence-electron chi connectivity index (χ2n) is 9.48. The van der Waals surface area contributed by atoms with Gasteiger partial charge in [0.2, 0.25) is 5.95 Å². The lowest BCUT2D eigenvalue weighted by Crippen LogP contribution is -2.41. The number of carbonyl (C=O) groups excluding carboxylic acids is 1. The van der Waals surface area contributed by atoms with Crippen LogP contribution in [0.25, 0.3) is 0 Å². The van der Waals surface area contributed by atoms with Gasteiger partial charge in [0.25, 0.3) is 0 Å². The minimum Gasteiger partial charge on any atom is -0.480 e. The first-order valence-electron chi connectivity index (χ1n) is 13.4. The summed E-state index contributed by atoms with van der Waals surface area (Å²) < 4.78 is 33.7. The maximum atomic E-state index is 13.1. The maximum absolute atomic E-state index is 13.1. The number of anilines is 3. The first kappa shape index (κ1) is 30.9. The molecule has 0 spiro atoms. The number of rotatable bonds is 13. The highest BCUT2D eigenvalue weighted by molar-refractivity contribution is 7.90. The maximum Gasteiger partial charge on any atom is 0.415 e. The number of hydrogen-bond acceptors (Lipinski definition) is 9. The molecular formula is C26H39N7O6S. The molecule has 14 heteroatoms. The van der Waals surface area contributed by atoms with Crippen LogP contribution in [0.5, 0.6) is 5.75 Å². The monoisotopic (exact) mass is 577 g/mol. The molecule has 1 aliphatic heterocycles. The Morgan fingerprint density at radius 2 is 1.70 bits per heavy atom. The van der Waals surface area contributed by atoms with Crippen LogP contribution < -0.4 is 19.3 Å². The average molecular weight is 578 g/mol. The number of likely N-dealkylation sites (tertiary alicyclic amines) is 1. The van der Waals surface area contributed by atoms with Gasteiger partial charge in [-0.05, 0) is 51.3 Å². The smallest absolute Gasteiger partial charge is 0.415 e. The molecule has 1 atom stereocenters. The number of carbonyl (C=O) groups is 2. The third-order valence-corrected chi connectivity index (χ3v) is 8.58. The number of carboxylic acid groups (broad SMARTS) is 1. The third-order valence-electron chi connectivity index (χ3n) is 6.64. The van der Waals surface area contributed by atoms with E-state index in [0.29, 0.717) is 43.4 Å². The van der Waals surface area contributed by atoms with E-state index in [0.717, 1.165) is 21.5 Å². The summed E-state index contributed by atoms with van der Waals surface area (Å²) in [6.45, 7) is 8.21. The van der Waals surface area contributed by atoms with Crippen LogP contribution in [0.4, 0.5) is 22.2 Å². The SMILES string of the molecule is CCN(CC)c1ncc(N(CC)S(=O)(=O)N(C)C)c(N[C@@H](Cc2ccc(OC(=O)N3CCCC3)cc2)C(=O)O)n1. The van der Waals surface area contributed by atoms with E-state index in [-0.39, 0.29) is 24.5 Å². The van der Waals surface area contributed by atoms with Crippen LogP contribution in [-0.2, 0) is 21.4 Å². The van der Waals surface area contributed by atoms with Crippen molar-refractivity contribution in [2.75, 3.05) is 61.3 Å². The van der Waals surface area contributed by atoms with Gasteiger partial charge < -0.3 is 25.0 Å². The van der Waals surface area contributed by atoms with E-state index in [1.165, 1.54) is 20.3 Å². The Kier molecular flexibility index (Phi) is 10.5. The largest absolute Gasteiger partial charge is 0.480 e. The molecule has 2 heterocycles. The molecule has 1 saturated heterocycles. The molecule has 1 aromatic heterocycles. The lowest BCUT2D eigenvalue weighted by molar-refractivity contribution is -0.137. The van der Waals surface area contributed by atoms with Crippen molar-refractivity contribution in [1.29, 1.82) is 0 Å². The lowest BCUT2D eigenvalue weighted by atomic mass is 10.1. The zero-order valence-corrected chi connectivity index (χ0v) is 24.5. The summed E-state index contributed by atoms with van der Waals surface area (Å²) in [6.07, 6.45) is 2.98. The van der Waals surface area contributed by atoms with Crippen LogP contribution in [0, 0.1) is 0 Å². The van der Waals surface area contributed by atoms with Crippen molar-refractivity contribution in [1.82, 2.24) is 19.2 Å². The van der Waals surface area contributed by atoms with Gasteiger partial charge in [-0.3, -0.25) is 4.31 Å². The van der Waals surface area contributed by atoms with Crippen LogP contribution in [0.1, 0.15) is 39.2 Å². The van der Waals surface area contributed by atoms with E-state index in [4.69, 9.17) is 4.74 Å². The molecule has 0 unspecified atom stereocenters. The first-order valence-corrected chi connectivity index (χ1v) is 14.8. The highest BCUT2D eigenvalue weighted by atomic mass is 32.2. The molecule has 40 heavy (non-hydrogen) atoms. The fourth-order valence-electron chi connectivity index (χ4n) is 4.33. The van der Waals surface area contributed by atoms with Gasteiger partial charge in [-0.1, -0.05) is 12.1 Å². The molecule has 0 bridgehead atoms. The summed E-state index contributed by atoms with van der Waals surface area (Å²) in [5, 5.41) is 13.0. The Morgan fingerprint density at radius 3 is 2.23 bits per heavy atom. The molecule has 1 fully saturated rings. The van der Waals surface area contributed by atoms with Crippen molar-refractivity contribution < 1.29 is 27.9 Å². The molecular weight excluding hydrogens is 538 g/mol. The molecule has 220 valence electrons. The molecule has 1 aromatic carbocycles. The van der Waals surface area contributed by atoms with E-state index in [1.54, 1.807) is 36.1 Å². The predicted molar refractivity (Wildman–Crippen MR) is 153 cm³/mol. The van der Waals surface area contributed by atoms with Gasteiger partial charge in [0.05, 0.1) is 6.20 Å². The first-order chi connectivity index (χ1) is 19.0. The Balaban J connectivity index is 1.89. The van der Waals surface area contributed by atoms with Crippen LogP contribution in [-0.4, -0.2) is 97.6 Å². The van der Waals surface area contributed by atoms with Gasteiger partial charge in [0, 0.05) is 53.2 Å². The molecule has 0 saturated carbocycles. The van der Waals surface area contributed by atoms with Crippen molar-refractivity contribution in [2.24, 2.45) is 0 Å². The van der Waals surface area contributed by atoms with E-state index in [2.05, 4.69) is 15.3 Å². The summed E-state index contributed by atoms with van der Waals surface area (Å²) >= 11 is 0. The van der Waals surface area contributed by atoms with Gasteiger partial charge in [-0.25, -0.2) is 14.6 Å². The van der Waals surface area contributed by atoms with Crippen LogP contribution in [0.15, 0.2) is 30.5 Å². The Labute approximate surface area is 235 Å². The molecule has 0 aliphatic carbocycles. The highest BCUT2D eigenvalue weighted by Crippen LogP contribution is 2.29. The van der Waals surface area contributed by atoms with Gasteiger partial charge >= 0.3 is 22.3 Å². The number of aromatic nitrogens is 2. The minimum absolute atomic E-state index is 0.0618. The lowest BCUT2D eigenvalue weighted by Gasteiger charge is -2.29. The molecule has 2 aromatic rings. The zero-order chi connectivity index (χ0) is 29.4. The van der Waals surface area contributed by atoms with Crippen LogP contribution in [0.2, 0.25) is 0 Å². The number of carboxylic acids is 1. The third kappa shape index (κ3) is 7.30. The normalized spacial score (nSPS) is 14.2. The Bertz CT molecular complexity index is 1260. The average Bonchev–Trinajstić information content (AvgIpc) is 3.46. The number of nitrogens with zero attached hydrogens (tertiary/aromatic N) is 6. The number of nitrogens with one attached hydrogen (secondary N) is 1. The molecule has 3 rings (SSSR count). The molecule has 1 aliphatic rings. The predicted octanol–water partition coefficient (Wildman–Crippen LogP) is 2.66. The fraction of sp³-hybridized carbons (Fsp3) is 0.538. The number of benzene rings is 1. The zero-order valence-electron chi connectivity index (χ0n) is 23.7. The van der Waals surface area contributed by atoms with Gasteiger partial charge in [-0.2, -0.15) is 17.7 Å². The van der Waals surface area contributed by atoms with Crippen molar-refractivity contribution in [3.05, 3.63) is 36.0 Å². The Hall–Kier alpha value is -3.65. The molecule has 1 amide bonds. The van der Waals surface area contributed by atoms with Crippen molar-refractivity contribution in [2.45, 2.75) is 46.1 Å². The topological polar surface area (TPSA) is 149 Å². The van der Waals surface area contributed by atoms with E-state index < -0.39 is 28.3 Å². The fourth-order valence-corrected chi connectivity index (χ4v) is 5.43. The number of hydrogen-bond donors (Lipinski definition) is 2. The van der Waals surface area contributed by atoms with E-state index >= 15 is 0 Å². The quantitative estimate of drug-likeness (QED) is 0.364. The van der Waals surface area contributed by atoms with Crippen LogP contribution >= 0.6 is 0 Å². The summed E-state index contributed by atoms with van der Waals surface area (Å²) in [7, 11) is -1.07. The van der Waals surface area contributed by atoms with Crippen molar-refractivity contribution >= 4 is 39.7 Å². The number of ether oxygens (including phenoxy) is 1. The Morgan fingerprint density at radius 1 is 1.07 bits per heavy atom. The van der Waals surface area contributed by atoms with Crippen molar-refractivity contribution in [3.8, 4) is 5.75 Å². The van der Waals surface area contributed by atoms with E-state index in [1.807, 2.05) is 18.7 Å². The van der Waals surface area contributed by atoms with Crippen LogP contribution in [0.3, 0.4) is 0 Å². The molecule has 0 radical (unpaired) electrons. The summed E-state index contributed by atoms with van der Waals surface area (Å²) in [4.78, 5) is 37.1. The summed E-state index contributed by atoms with van der Waals surface area (Å²) in [5.74, 6) is -0.331. The standard InChI is InChI=1S/C26H39N7O6S/c1-6-31(7-2)25-27-18-22(33(8-3)40(37,38)30(4)5)23(29-25)28-21(24(34)35)17-19-11-13-20(14-12-19)39-26(36)32-15-9-10-16-32/h11-14,18,21H,6-10,15-17H2,1-5H3,(H,34,35)(H,27,28,29)/t21-/m0/s1. The number of amides is 1. The van der Waals surface area contributed by atoms with E-state index in [9.17, 15) is 23.1 Å².